The minimum atomic E-state index is -0.414. The zero-order chi connectivity index (χ0) is 15.1. The summed E-state index contributed by atoms with van der Waals surface area (Å²) in [5, 5.41) is 16.7. The van der Waals surface area contributed by atoms with Crippen LogP contribution in [-0.4, -0.2) is 50.1 Å². The molecule has 21 heavy (non-hydrogen) atoms. The van der Waals surface area contributed by atoms with Gasteiger partial charge in [-0.2, -0.15) is 0 Å². The molecule has 0 radical (unpaired) electrons. The molecule has 0 aliphatic heterocycles. The largest absolute Gasteiger partial charge is 0.353 e. The number of aromatic amines is 1. The van der Waals surface area contributed by atoms with E-state index in [9.17, 15) is 9.59 Å². The van der Waals surface area contributed by atoms with Gasteiger partial charge in [0.05, 0.1) is 0 Å². The lowest BCUT2D eigenvalue weighted by Crippen LogP contribution is -2.29. The first-order chi connectivity index (χ1) is 10.2. The molecule has 0 atom stereocenters. The van der Waals surface area contributed by atoms with Crippen molar-refractivity contribution in [1.82, 2.24) is 35.8 Å². The second-order valence-corrected chi connectivity index (χ2v) is 4.06. The molecular formula is C12H15N7O2. The number of nitrogens with one attached hydrogen (secondary N) is 3. The van der Waals surface area contributed by atoms with E-state index in [4.69, 9.17) is 0 Å². The van der Waals surface area contributed by atoms with Crippen molar-refractivity contribution in [2.75, 3.05) is 13.1 Å². The number of H-pyrrole nitrogens is 1. The number of nitrogens with zero attached hydrogens (tertiary/aromatic N) is 4. The van der Waals surface area contributed by atoms with E-state index >= 15 is 0 Å². The molecule has 2 aromatic heterocycles. The van der Waals surface area contributed by atoms with E-state index < -0.39 is 5.91 Å². The number of carbonyl (C=O) groups is 2. The van der Waals surface area contributed by atoms with Crippen LogP contribution in [-0.2, 0) is 4.79 Å². The number of aromatic nitrogens is 5. The molecule has 0 fully saturated rings. The molecule has 0 saturated carbocycles. The third kappa shape index (κ3) is 4.00. The van der Waals surface area contributed by atoms with Gasteiger partial charge in [0, 0.05) is 19.3 Å². The minimum Gasteiger partial charge on any atom is -0.353 e. The summed E-state index contributed by atoms with van der Waals surface area (Å²) in [5.74, 6) is -0.0480. The van der Waals surface area contributed by atoms with Crippen LogP contribution < -0.4 is 10.6 Å². The van der Waals surface area contributed by atoms with Gasteiger partial charge in [-0.3, -0.25) is 9.59 Å². The fourth-order valence-corrected chi connectivity index (χ4v) is 1.51. The van der Waals surface area contributed by atoms with Crippen LogP contribution in [0.25, 0.3) is 5.82 Å². The fraction of sp³-hybridized carbons (Fsp3) is 0.250. The number of rotatable bonds is 7. The second kappa shape index (κ2) is 6.98. The Hall–Kier alpha value is -2.97. The smallest absolute Gasteiger partial charge is 0.292 e. The highest BCUT2D eigenvalue weighted by atomic mass is 16.2. The van der Waals surface area contributed by atoms with E-state index in [1.165, 1.54) is 10.9 Å². The van der Waals surface area contributed by atoms with E-state index in [1.807, 2.05) is 0 Å². The van der Waals surface area contributed by atoms with Crippen molar-refractivity contribution in [3.05, 3.63) is 36.8 Å². The third-order valence-corrected chi connectivity index (χ3v) is 2.54. The summed E-state index contributed by atoms with van der Waals surface area (Å²) < 4.78 is 0. The molecule has 0 saturated heterocycles. The van der Waals surface area contributed by atoms with Gasteiger partial charge in [-0.1, -0.05) is 6.58 Å². The fourth-order valence-electron chi connectivity index (χ4n) is 1.51. The zero-order valence-electron chi connectivity index (χ0n) is 11.2. The molecule has 2 heterocycles. The summed E-state index contributed by atoms with van der Waals surface area (Å²) in [6.45, 7) is 4.19. The lowest BCUT2D eigenvalue weighted by molar-refractivity contribution is -0.116. The van der Waals surface area contributed by atoms with Gasteiger partial charge in [-0.15, -0.1) is 15.0 Å². The second-order valence-electron chi connectivity index (χ2n) is 4.06. The Labute approximate surface area is 120 Å². The Morgan fingerprint density at radius 1 is 1.38 bits per heavy atom. The average Bonchev–Trinajstić information content (AvgIpc) is 3.16. The van der Waals surface area contributed by atoms with Gasteiger partial charge in [-0.05, 0) is 29.8 Å². The van der Waals surface area contributed by atoms with Crippen molar-refractivity contribution < 1.29 is 9.59 Å². The molecule has 0 spiro atoms. The lowest BCUT2D eigenvalue weighted by atomic mass is 10.4. The summed E-state index contributed by atoms with van der Waals surface area (Å²) in [6.07, 6.45) is 3.51. The Morgan fingerprint density at radius 2 is 2.19 bits per heavy atom. The maximum absolute atomic E-state index is 11.8. The van der Waals surface area contributed by atoms with Crippen molar-refractivity contribution >= 4 is 11.8 Å². The number of hydrogen-bond acceptors (Lipinski definition) is 5. The minimum absolute atomic E-state index is 0.0141. The number of amides is 2. The standard InChI is InChI=1S/C12H15N7O2/c1-2-10(20)14-7-4-8-15-12(21)11-16-18-19(17-11)9-5-3-6-13-9/h2-3,5-6,13H,1,4,7-8H2,(H,14,20)(H,15,21). The van der Waals surface area contributed by atoms with Gasteiger partial charge in [0.1, 0.15) is 0 Å². The zero-order valence-corrected chi connectivity index (χ0v) is 11.2. The van der Waals surface area contributed by atoms with E-state index in [0.29, 0.717) is 25.3 Å². The summed E-state index contributed by atoms with van der Waals surface area (Å²) in [7, 11) is 0. The van der Waals surface area contributed by atoms with Crippen molar-refractivity contribution in [2.24, 2.45) is 0 Å². The Balaban J connectivity index is 1.76. The van der Waals surface area contributed by atoms with E-state index in [1.54, 1.807) is 18.3 Å². The number of tetrazole rings is 1. The van der Waals surface area contributed by atoms with Crippen LogP contribution in [0.15, 0.2) is 31.0 Å². The molecule has 2 amide bonds. The monoisotopic (exact) mass is 289 g/mol. The molecule has 0 aromatic carbocycles. The predicted octanol–water partition coefficient (Wildman–Crippen LogP) is -0.587. The number of hydrogen-bond donors (Lipinski definition) is 3. The van der Waals surface area contributed by atoms with Crippen molar-refractivity contribution in [3.63, 3.8) is 0 Å². The molecule has 2 rings (SSSR count). The maximum atomic E-state index is 11.8. The molecule has 9 heteroatoms. The van der Waals surface area contributed by atoms with Crippen LogP contribution in [0, 0.1) is 0 Å². The third-order valence-electron chi connectivity index (χ3n) is 2.54. The van der Waals surface area contributed by atoms with Crippen LogP contribution in [0.1, 0.15) is 17.0 Å². The SMILES string of the molecule is C=CC(=O)NCCCNC(=O)c1nnn(-c2ccc[nH]2)n1. The first-order valence-corrected chi connectivity index (χ1v) is 6.33. The van der Waals surface area contributed by atoms with Gasteiger partial charge < -0.3 is 15.6 Å². The maximum Gasteiger partial charge on any atom is 0.292 e. The van der Waals surface area contributed by atoms with Gasteiger partial charge >= 0.3 is 0 Å². The van der Waals surface area contributed by atoms with Crippen LogP contribution in [0.4, 0.5) is 0 Å². The molecule has 0 unspecified atom stereocenters. The Morgan fingerprint density at radius 3 is 2.90 bits per heavy atom. The molecule has 0 bridgehead atoms. The van der Waals surface area contributed by atoms with Crippen molar-refractivity contribution in [3.8, 4) is 5.82 Å². The van der Waals surface area contributed by atoms with Gasteiger partial charge in [0.15, 0.2) is 5.82 Å². The van der Waals surface area contributed by atoms with Crippen molar-refractivity contribution in [2.45, 2.75) is 6.42 Å². The number of carbonyl (C=O) groups excluding carboxylic acids is 2. The van der Waals surface area contributed by atoms with Crippen LogP contribution >= 0.6 is 0 Å². The van der Waals surface area contributed by atoms with Gasteiger partial charge in [0.25, 0.3) is 11.7 Å². The van der Waals surface area contributed by atoms with E-state index in [-0.39, 0.29) is 11.7 Å². The molecule has 2 aromatic rings. The highest BCUT2D eigenvalue weighted by Crippen LogP contribution is 1.99. The highest BCUT2D eigenvalue weighted by molar-refractivity contribution is 5.90. The van der Waals surface area contributed by atoms with Crippen LogP contribution in [0.3, 0.4) is 0 Å². The Bertz CT molecular complexity index is 617. The predicted molar refractivity (Wildman–Crippen MR) is 73.7 cm³/mol. The Kier molecular flexibility index (Phi) is 4.80. The average molecular weight is 289 g/mol. The summed E-state index contributed by atoms with van der Waals surface area (Å²) in [6, 6.07) is 3.54. The first-order valence-electron chi connectivity index (χ1n) is 6.33. The van der Waals surface area contributed by atoms with E-state index in [0.717, 1.165) is 0 Å². The molecule has 110 valence electrons. The van der Waals surface area contributed by atoms with Crippen LogP contribution in [0.2, 0.25) is 0 Å². The molecule has 9 nitrogen and oxygen atoms in total. The quantitative estimate of drug-likeness (QED) is 0.465. The van der Waals surface area contributed by atoms with Gasteiger partial charge in [0.2, 0.25) is 5.91 Å². The molecule has 3 N–H and O–H groups in total. The summed E-state index contributed by atoms with van der Waals surface area (Å²) in [5.41, 5.74) is 0. The first kappa shape index (κ1) is 14.4. The normalized spacial score (nSPS) is 10.1. The lowest BCUT2D eigenvalue weighted by Gasteiger charge is -2.03. The molecular weight excluding hydrogens is 274 g/mol. The van der Waals surface area contributed by atoms with Crippen LogP contribution in [0.5, 0.6) is 0 Å². The highest BCUT2D eigenvalue weighted by Gasteiger charge is 2.13. The van der Waals surface area contributed by atoms with E-state index in [2.05, 4.69) is 37.6 Å². The van der Waals surface area contributed by atoms with Gasteiger partial charge in [-0.25, -0.2) is 0 Å². The van der Waals surface area contributed by atoms with Crippen molar-refractivity contribution in [1.29, 1.82) is 0 Å². The molecule has 0 aliphatic carbocycles. The molecule has 0 aliphatic rings. The summed E-state index contributed by atoms with van der Waals surface area (Å²) >= 11 is 0. The summed E-state index contributed by atoms with van der Waals surface area (Å²) in [4.78, 5) is 26.8. The topological polar surface area (TPSA) is 118 Å².